The summed E-state index contributed by atoms with van der Waals surface area (Å²) in [5, 5.41) is 154. The van der Waals surface area contributed by atoms with Gasteiger partial charge < -0.3 is 136 Å². The third-order valence-electron chi connectivity index (χ3n) is 21.1. The van der Waals surface area contributed by atoms with Crippen LogP contribution in [0, 0.1) is 0 Å². The van der Waals surface area contributed by atoms with Gasteiger partial charge in [-0.2, -0.15) is 0 Å². The van der Waals surface area contributed by atoms with Crippen LogP contribution in [0.2, 0.25) is 5.02 Å². The largest absolute Gasteiger partial charge is 0.547 e. The number of urea groups is 3. The summed E-state index contributed by atoms with van der Waals surface area (Å²) >= 11 is 6.65. The van der Waals surface area contributed by atoms with Crippen molar-refractivity contribution in [3.05, 3.63) is 158 Å². The fraction of sp³-hybridized carbons (Fsp3) is 0.320. The van der Waals surface area contributed by atoms with Crippen molar-refractivity contribution in [1.29, 1.82) is 0 Å². The van der Waals surface area contributed by atoms with Crippen molar-refractivity contribution in [3.8, 4) is 51.7 Å². The van der Waals surface area contributed by atoms with Gasteiger partial charge in [-0.15, -0.1) is 0 Å². The standard InChI is InChI=1S/C75H76B3ClN12O33/c1-2-86-19-22-89(67(105)64(86)102)73(114)83-50(61(99)80-46-30-34-7-3-11-39(70(108)109)58(34)122-76(46)117)53(94)33-15-17-44(43(93)29-33)120-27-25-87-20-23-90(68(106)65(87)103)74(115)84-51(62(100)81-47-31-35-8-4-12-40(71(110)111)59(35)123-77(47)118)55(96)37-16-18-45(57(98)49(37)79)121-28-26-88-21-24-91(69(107)66(88)104)75(116)85-52(56(97)38-10-6-14-42(92)54(38)95)63(101)82-48-32-36-9-5-13-41(72(112)113)60(36)124-78(48)119/h3-18,29,46-48,50-53,55-56,92-98,117-119H,2,19-28,30-32H2,1H3,(H,80,99)(H,81,100)(H,82,101)(H,83,114)(H,84,115)(H,85,116)(H,108,109)(H,110,111)(H,112,113)/t46-,47-,48-,50?,51?,52?,53?,55?,56?/m0/s1. The van der Waals surface area contributed by atoms with Gasteiger partial charge in [-0.3, -0.25) is 57.9 Å². The summed E-state index contributed by atoms with van der Waals surface area (Å²) in [7, 11) is -5.78. The Kier molecular flexibility index (Phi) is 26.9. The molecule has 0 aromatic heterocycles. The van der Waals surface area contributed by atoms with Gasteiger partial charge in [-0.25, -0.2) is 28.8 Å². The third-order valence-corrected chi connectivity index (χ3v) is 21.5. The second-order valence-corrected chi connectivity index (χ2v) is 29.1. The van der Waals surface area contributed by atoms with Crippen molar-refractivity contribution >= 4 is 122 Å². The molecule has 15 amide bonds. The van der Waals surface area contributed by atoms with E-state index in [2.05, 4.69) is 31.9 Å². The summed E-state index contributed by atoms with van der Waals surface area (Å²) in [6, 6.07) is 9.67. The minimum absolute atomic E-state index is 0.0827. The molecule has 124 heavy (non-hydrogen) atoms. The number of carbonyl (C=O) groups is 15. The maximum absolute atomic E-state index is 14.5. The van der Waals surface area contributed by atoms with Gasteiger partial charge in [0, 0.05) is 56.9 Å². The Bertz CT molecular complexity index is 5350. The fourth-order valence-electron chi connectivity index (χ4n) is 14.4. The van der Waals surface area contributed by atoms with Crippen molar-refractivity contribution in [1.82, 2.24) is 61.3 Å². The monoisotopic (exact) mass is 1740 g/mol. The Morgan fingerprint density at radius 3 is 1.20 bits per heavy atom. The highest BCUT2D eigenvalue weighted by molar-refractivity contribution is 6.48. The molecule has 0 spiro atoms. The lowest BCUT2D eigenvalue weighted by molar-refractivity contribution is -0.154. The van der Waals surface area contributed by atoms with E-state index in [4.69, 9.17) is 35.0 Å². The molecule has 9 atom stereocenters. The molecule has 6 aliphatic rings. The van der Waals surface area contributed by atoms with E-state index in [1.54, 1.807) is 6.92 Å². The van der Waals surface area contributed by atoms with Gasteiger partial charge in [-0.05, 0) is 90.9 Å². The average molecular weight is 1740 g/mol. The molecule has 12 rings (SSSR count). The van der Waals surface area contributed by atoms with E-state index >= 15 is 0 Å². The lowest BCUT2D eigenvalue weighted by atomic mass is 9.72. The molecule has 0 saturated carbocycles. The maximum Gasteiger partial charge on any atom is 0.547 e. The van der Waals surface area contributed by atoms with Crippen molar-refractivity contribution in [3.63, 3.8) is 0 Å². The summed E-state index contributed by atoms with van der Waals surface area (Å²) in [6.45, 7) is -2.69. The van der Waals surface area contributed by atoms with Crippen molar-refractivity contribution in [2.24, 2.45) is 0 Å². The molecular weight excluding hydrogens is 1660 g/mol. The molecule has 0 radical (unpaired) electrons. The number of ether oxygens (including phenoxy) is 2. The van der Waals surface area contributed by atoms with Gasteiger partial charge in [0.25, 0.3) is 0 Å². The number of aliphatic hydroxyl groups excluding tert-OH is 3. The highest BCUT2D eigenvalue weighted by atomic mass is 35.5. The van der Waals surface area contributed by atoms with Crippen LogP contribution in [-0.4, -0.2) is 314 Å². The topological polar surface area (TPSA) is 657 Å². The number of benzene rings is 6. The number of para-hydroxylation sites is 4. The molecule has 0 aliphatic carbocycles. The molecule has 650 valence electrons. The number of rotatable bonds is 27. The van der Waals surface area contributed by atoms with E-state index in [0.29, 0.717) is 14.7 Å². The van der Waals surface area contributed by atoms with Gasteiger partial charge in [-0.1, -0.05) is 72.3 Å². The third kappa shape index (κ3) is 18.7. The smallest absolute Gasteiger partial charge is 0.534 e. The number of aromatic hydroxyl groups is 4. The van der Waals surface area contributed by atoms with Crippen LogP contribution in [0.5, 0.6) is 51.7 Å². The molecule has 6 aromatic carbocycles. The van der Waals surface area contributed by atoms with Crippen LogP contribution in [0.3, 0.4) is 0 Å². The number of hydrogen-bond donors (Lipinski definition) is 19. The second-order valence-electron chi connectivity index (χ2n) is 28.7. The lowest BCUT2D eigenvalue weighted by Gasteiger charge is -2.35. The van der Waals surface area contributed by atoms with Crippen molar-refractivity contribution in [2.75, 3.05) is 72.1 Å². The molecule has 3 fully saturated rings. The zero-order chi connectivity index (χ0) is 89.7. The SMILES string of the molecule is CCN1CCN(C(=O)NC(C(=O)N[C@H]2Cc3cccc(C(=O)O)c3OB2O)C(O)c2ccc(OCCN3CCN(C(=O)NC(C(=O)N[C@H]4Cc5cccc(C(=O)O)c5OB4O)C(O)c4ccc(OCCN5CCN(C(=O)NC(C(=O)N[C@H]6Cc7cccc(C(=O)O)c7OB6O)C(O)c6cccc(O)c6O)C(=O)C5=O)c(O)c4Cl)C(=O)C3=O)c(O)c2)C(=O)C1=O. The molecule has 6 aliphatic heterocycles. The predicted octanol–water partition coefficient (Wildman–Crippen LogP) is -3.80. The number of phenolic OH excluding ortho intramolecular Hbond substituents is 4. The minimum atomic E-state index is -2.35. The average Bonchev–Trinajstić information content (AvgIpc) is 0.791. The Morgan fingerprint density at radius 1 is 0.444 bits per heavy atom. The molecule has 0 bridgehead atoms. The first-order chi connectivity index (χ1) is 59.0. The first-order valence-corrected chi connectivity index (χ1v) is 38.2. The molecule has 49 heteroatoms. The summed E-state index contributed by atoms with van der Waals surface area (Å²) in [5.74, 6) is -25.0. The molecule has 6 unspecified atom stereocenters. The van der Waals surface area contributed by atoms with Crippen LogP contribution in [0.4, 0.5) is 14.4 Å². The molecule has 3 saturated heterocycles. The Labute approximate surface area is 704 Å². The molecule has 6 heterocycles. The normalized spacial score (nSPS) is 18.4. The zero-order valence-corrected chi connectivity index (χ0v) is 65.4. The van der Waals surface area contributed by atoms with E-state index in [9.17, 15) is 138 Å². The van der Waals surface area contributed by atoms with Gasteiger partial charge in [0.05, 0.1) is 52.6 Å². The number of imide groups is 3. The lowest BCUT2D eigenvalue weighted by Crippen LogP contribution is -2.63. The number of phenols is 4. The Morgan fingerprint density at radius 2 is 0.806 bits per heavy atom. The first kappa shape index (κ1) is 89.1. The second kappa shape index (κ2) is 37.4. The van der Waals surface area contributed by atoms with Crippen LogP contribution in [-0.2, 0) is 62.4 Å². The van der Waals surface area contributed by atoms with Crippen LogP contribution in [0.25, 0.3) is 0 Å². The number of nitrogens with zero attached hydrogens (tertiary/aromatic N) is 6. The van der Waals surface area contributed by atoms with E-state index in [1.807, 2.05) is 0 Å². The van der Waals surface area contributed by atoms with Crippen LogP contribution >= 0.6 is 11.6 Å². The van der Waals surface area contributed by atoms with Gasteiger partial charge in [0.1, 0.15) is 66.9 Å². The van der Waals surface area contributed by atoms with E-state index in [0.717, 1.165) is 57.2 Å². The van der Waals surface area contributed by atoms with E-state index < -0.39 is 262 Å². The highest BCUT2D eigenvalue weighted by Crippen LogP contribution is 2.42. The number of likely N-dealkylation sites (N-methyl/N-ethyl adjacent to an activating group) is 1. The number of carbonyl (C=O) groups excluding carboxylic acids is 12. The summed E-state index contributed by atoms with van der Waals surface area (Å²) in [4.78, 5) is 206. The number of carboxylic acids is 3. The molecule has 19 N–H and O–H groups in total. The van der Waals surface area contributed by atoms with Crippen LogP contribution in [0.1, 0.15) is 89.7 Å². The number of nitrogens with one attached hydrogen (secondary N) is 6. The van der Waals surface area contributed by atoms with Gasteiger partial charge in [0.15, 0.2) is 34.5 Å². The van der Waals surface area contributed by atoms with Gasteiger partial charge in [0.2, 0.25) is 17.7 Å². The number of halogens is 1. The van der Waals surface area contributed by atoms with E-state index in [-0.39, 0.29) is 101 Å². The maximum atomic E-state index is 14.5. The number of fused-ring (bicyclic) bond motifs is 3. The molecule has 6 aromatic rings. The number of carboxylic acid groups (broad SMARTS) is 3. The Balaban J connectivity index is 0.683. The Hall–Kier alpha value is -14.2. The predicted molar refractivity (Wildman–Crippen MR) is 417 cm³/mol. The van der Waals surface area contributed by atoms with Crippen LogP contribution < -0.4 is 55.3 Å². The number of aliphatic hydroxyl groups is 3. The number of hydrogen-bond acceptors (Lipinski definition) is 30. The zero-order valence-electron chi connectivity index (χ0n) is 64.7. The number of piperazine rings is 3. The quantitative estimate of drug-likeness (QED) is 0.0134. The minimum Gasteiger partial charge on any atom is -0.534 e. The van der Waals surface area contributed by atoms with Crippen LogP contribution in [0.15, 0.2) is 103 Å². The summed E-state index contributed by atoms with van der Waals surface area (Å²) < 4.78 is 27.8. The molecule has 45 nitrogen and oxygen atoms in total. The molecular formula is C75H76B3ClN12O33. The number of aromatic carboxylic acids is 3. The summed E-state index contributed by atoms with van der Waals surface area (Å²) in [6.07, 6.45) is -7.49. The van der Waals surface area contributed by atoms with Gasteiger partial charge >= 0.3 is 92.8 Å². The fourth-order valence-corrected chi connectivity index (χ4v) is 14.7. The van der Waals surface area contributed by atoms with E-state index in [1.165, 1.54) is 60.7 Å². The first-order valence-electron chi connectivity index (χ1n) is 37.9. The summed E-state index contributed by atoms with van der Waals surface area (Å²) in [5.41, 5.74) is -1.66. The number of amides is 15. The highest BCUT2D eigenvalue weighted by Gasteiger charge is 2.48. The van der Waals surface area contributed by atoms with Crippen molar-refractivity contribution < 1.29 is 161 Å². The van der Waals surface area contributed by atoms with Crippen molar-refractivity contribution in [2.45, 2.75) is 80.4 Å².